The van der Waals surface area contributed by atoms with Gasteiger partial charge in [-0.2, -0.15) is 0 Å². The van der Waals surface area contributed by atoms with Gasteiger partial charge in [-0.15, -0.1) is 11.3 Å². The normalized spacial score (nSPS) is 29.0. The Morgan fingerprint density at radius 2 is 2.12 bits per heavy atom. The van der Waals surface area contributed by atoms with Crippen molar-refractivity contribution in [2.45, 2.75) is 43.6 Å². The first-order valence-corrected chi connectivity index (χ1v) is 9.07. The number of thiazole rings is 1. The lowest BCUT2D eigenvalue weighted by molar-refractivity contribution is -0.122. The molecule has 0 saturated carbocycles. The van der Waals surface area contributed by atoms with E-state index in [2.05, 4.69) is 16.4 Å². The zero-order valence-corrected chi connectivity index (χ0v) is 14.0. The number of nitrogens with one attached hydrogen (secondary N) is 1. The molecule has 0 spiro atoms. The van der Waals surface area contributed by atoms with Gasteiger partial charge >= 0.3 is 0 Å². The highest BCUT2D eigenvalue weighted by Crippen LogP contribution is 2.27. The third-order valence-corrected chi connectivity index (χ3v) is 5.60. The van der Waals surface area contributed by atoms with Crippen LogP contribution in [0.3, 0.4) is 0 Å². The van der Waals surface area contributed by atoms with Gasteiger partial charge in [0.05, 0.1) is 34.5 Å². The van der Waals surface area contributed by atoms with Gasteiger partial charge in [0.25, 0.3) is 0 Å². The fourth-order valence-corrected chi connectivity index (χ4v) is 4.32. The molecule has 1 aromatic carbocycles. The summed E-state index contributed by atoms with van der Waals surface area (Å²) in [5.41, 5.74) is 1.02. The molecule has 1 aromatic heterocycles. The molecule has 0 bridgehead atoms. The Hall–Kier alpha value is -1.54. The van der Waals surface area contributed by atoms with Crippen LogP contribution in [0, 0.1) is 0 Å². The molecule has 2 aliphatic rings. The van der Waals surface area contributed by atoms with Crippen molar-refractivity contribution < 1.29 is 19.4 Å². The van der Waals surface area contributed by atoms with E-state index in [1.54, 1.807) is 11.3 Å². The number of aromatic nitrogens is 1. The van der Waals surface area contributed by atoms with E-state index < -0.39 is 6.10 Å². The average Bonchev–Trinajstić information content (AvgIpc) is 3.24. The van der Waals surface area contributed by atoms with E-state index in [-0.39, 0.29) is 30.8 Å². The minimum Gasteiger partial charge on any atom is -0.388 e. The minimum atomic E-state index is -0.587. The van der Waals surface area contributed by atoms with E-state index >= 15 is 0 Å². The third-order valence-electron chi connectivity index (χ3n) is 4.51. The number of amides is 1. The molecule has 7 heteroatoms. The number of hydrogen-bond donors (Lipinski definition) is 2. The molecule has 0 aliphatic carbocycles. The Kier molecular flexibility index (Phi) is 4.49. The van der Waals surface area contributed by atoms with Crippen molar-refractivity contribution in [3.05, 3.63) is 29.3 Å². The molecule has 2 N–H and O–H groups in total. The van der Waals surface area contributed by atoms with E-state index in [4.69, 9.17) is 9.47 Å². The van der Waals surface area contributed by atoms with Gasteiger partial charge in [-0.3, -0.25) is 4.79 Å². The molecule has 1 amide bonds. The SMILES string of the molecule is O=C(CCCc1nc2ccccc2s1)N[C@H]1CO[C@H]2[C@@H]1OC[C@H]2O. The highest BCUT2D eigenvalue weighted by molar-refractivity contribution is 7.18. The number of rotatable bonds is 5. The second-order valence-corrected chi connectivity index (χ2v) is 7.38. The van der Waals surface area contributed by atoms with E-state index in [0.29, 0.717) is 13.0 Å². The summed E-state index contributed by atoms with van der Waals surface area (Å²) in [6.45, 7) is 0.676. The Morgan fingerprint density at radius 1 is 1.29 bits per heavy atom. The molecule has 2 aromatic rings. The molecule has 0 radical (unpaired) electrons. The average molecular weight is 348 g/mol. The fraction of sp³-hybridized carbons (Fsp3) is 0.529. The summed E-state index contributed by atoms with van der Waals surface area (Å²) in [6, 6.07) is 7.90. The standard InChI is InChI=1S/C17H20N2O4S/c20-12-9-23-16-11(8-22-17(12)16)18-14(21)6-3-7-15-19-10-4-1-2-5-13(10)24-15/h1-2,4-5,11-12,16-17,20H,3,6-9H2,(H,18,21)/t11-,12+,16+,17+/m0/s1. The molecule has 4 rings (SSSR count). The highest BCUT2D eigenvalue weighted by atomic mass is 32.1. The molecule has 128 valence electrons. The van der Waals surface area contributed by atoms with Gasteiger partial charge < -0.3 is 19.9 Å². The van der Waals surface area contributed by atoms with Crippen molar-refractivity contribution in [2.75, 3.05) is 13.2 Å². The molecule has 4 atom stereocenters. The summed E-state index contributed by atoms with van der Waals surface area (Å²) in [5.74, 6) is -0.00430. The zero-order valence-electron chi connectivity index (χ0n) is 13.2. The number of nitrogens with zero attached hydrogens (tertiary/aromatic N) is 1. The lowest BCUT2D eigenvalue weighted by Crippen LogP contribution is -2.44. The second-order valence-electron chi connectivity index (χ2n) is 6.27. The van der Waals surface area contributed by atoms with E-state index in [9.17, 15) is 9.90 Å². The van der Waals surface area contributed by atoms with Crippen LogP contribution < -0.4 is 5.32 Å². The number of carbonyl (C=O) groups is 1. The van der Waals surface area contributed by atoms with Crippen LogP contribution >= 0.6 is 11.3 Å². The lowest BCUT2D eigenvalue weighted by atomic mass is 10.1. The Balaban J connectivity index is 1.25. The molecule has 0 unspecified atom stereocenters. The summed E-state index contributed by atoms with van der Waals surface area (Å²) < 4.78 is 12.2. The maximum Gasteiger partial charge on any atom is 0.220 e. The van der Waals surface area contributed by atoms with Crippen LogP contribution in [-0.4, -0.2) is 53.6 Å². The first kappa shape index (κ1) is 16.0. The van der Waals surface area contributed by atoms with Gasteiger partial charge in [0, 0.05) is 6.42 Å². The number of ether oxygens (including phenoxy) is 2. The van der Waals surface area contributed by atoms with Crippen molar-refractivity contribution in [2.24, 2.45) is 0 Å². The van der Waals surface area contributed by atoms with Crippen molar-refractivity contribution in [1.82, 2.24) is 10.3 Å². The first-order chi connectivity index (χ1) is 11.7. The largest absolute Gasteiger partial charge is 0.388 e. The van der Waals surface area contributed by atoms with E-state index in [1.807, 2.05) is 18.2 Å². The Morgan fingerprint density at radius 3 is 3.00 bits per heavy atom. The van der Waals surface area contributed by atoms with Crippen LogP contribution in [0.5, 0.6) is 0 Å². The highest BCUT2D eigenvalue weighted by Gasteiger charge is 2.47. The molecular weight excluding hydrogens is 328 g/mol. The van der Waals surface area contributed by atoms with Gasteiger partial charge in [-0.05, 0) is 25.0 Å². The number of fused-ring (bicyclic) bond motifs is 2. The van der Waals surface area contributed by atoms with Crippen molar-refractivity contribution in [3.63, 3.8) is 0 Å². The fourth-order valence-electron chi connectivity index (χ4n) is 3.31. The van der Waals surface area contributed by atoms with Gasteiger partial charge in [-0.1, -0.05) is 12.1 Å². The van der Waals surface area contributed by atoms with Crippen LogP contribution in [0.25, 0.3) is 10.2 Å². The second kappa shape index (κ2) is 6.76. The maximum absolute atomic E-state index is 12.1. The molecule has 6 nitrogen and oxygen atoms in total. The molecule has 2 fully saturated rings. The quantitative estimate of drug-likeness (QED) is 0.850. The minimum absolute atomic E-state index is 0.00430. The molecular formula is C17H20N2O4S. The molecule has 2 aliphatic heterocycles. The van der Waals surface area contributed by atoms with Crippen molar-refractivity contribution in [1.29, 1.82) is 0 Å². The number of hydrogen-bond acceptors (Lipinski definition) is 6. The van der Waals surface area contributed by atoms with Crippen LogP contribution in [0.2, 0.25) is 0 Å². The first-order valence-electron chi connectivity index (χ1n) is 8.26. The number of aliphatic hydroxyl groups excluding tert-OH is 1. The summed E-state index contributed by atoms with van der Waals surface area (Å²) in [6.07, 6.45) is 0.889. The maximum atomic E-state index is 12.1. The van der Waals surface area contributed by atoms with E-state index in [0.717, 1.165) is 23.4 Å². The van der Waals surface area contributed by atoms with Crippen LogP contribution in [0.4, 0.5) is 0 Å². The summed E-state index contributed by atoms with van der Waals surface area (Å²) in [7, 11) is 0. The number of para-hydroxylation sites is 1. The molecule has 2 saturated heterocycles. The van der Waals surface area contributed by atoms with Gasteiger partial charge in [0.15, 0.2) is 0 Å². The topological polar surface area (TPSA) is 80.7 Å². The van der Waals surface area contributed by atoms with Gasteiger partial charge in [-0.25, -0.2) is 4.98 Å². The number of aryl methyl sites for hydroxylation is 1. The van der Waals surface area contributed by atoms with Gasteiger partial charge in [0.2, 0.25) is 5.91 Å². The molecule has 24 heavy (non-hydrogen) atoms. The summed E-state index contributed by atoms with van der Waals surface area (Å²) in [5, 5.41) is 13.7. The van der Waals surface area contributed by atoms with E-state index in [1.165, 1.54) is 4.70 Å². The smallest absolute Gasteiger partial charge is 0.220 e. The Labute approximate surface area is 143 Å². The number of aliphatic hydroxyl groups is 1. The van der Waals surface area contributed by atoms with Crippen LogP contribution in [0.15, 0.2) is 24.3 Å². The van der Waals surface area contributed by atoms with Crippen LogP contribution in [-0.2, 0) is 20.7 Å². The predicted octanol–water partition coefficient (Wildman–Crippen LogP) is 1.26. The Bertz CT molecular complexity index is 701. The monoisotopic (exact) mass is 348 g/mol. The lowest BCUT2D eigenvalue weighted by Gasteiger charge is -2.17. The zero-order chi connectivity index (χ0) is 16.5. The molecule has 3 heterocycles. The summed E-state index contributed by atoms with van der Waals surface area (Å²) in [4.78, 5) is 16.7. The number of carbonyl (C=O) groups excluding carboxylic acids is 1. The van der Waals surface area contributed by atoms with Crippen molar-refractivity contribution in [3.8, 4) is 0 Å². The number of benzene rings is 1. The van der Waals surface area contributed by atoms with Gasteiger partial charge in [0.1, 0.15) is 18.3 Å². The van der Waals surface area contributed by atoms with Crippen LogP contribution in [0.1, 0.15) is 17.8 Å². The third kappa shape index (κ3) is 3.17. The summed E-state index contributed by atoms with van der Waals surface area (Å²) >= 11 is 1.68. The predicted molar refractivity (Wildman–Crippen MR) is 90.0 cm³/mol. The van der Waals surface area contributed by atoms with Crippen molar-refractivity contribution >= 4 is 27.5 Å².